The highest BCUT2D eigenvalue weighted by molar-refractivity contribution is 5.76. The molecule has 2 atom stereocenters. The number of rotatable bonds is 6. The van der Waals surface area contributed by atoms with Crippen LogP contribution in [0.3, 0.4) is 0 Å². The molecule has 0 aromatic heterocycles. The molecule has 1 N–H and O–H groups in total. The van der Waals surface area contributed by atoms with Crippen molar-refractivity contribution in [2.45, 2.75) is 37.8 Å². The van der Waals surface area contributed by atoms with E-state index in [-0.39, 0.29) is 11.9 Å². The van der Waals surface area contributed by atoms with E-state index in [2.05, 4.69) is 10.2 Å². The Labute approximate surface area is 137 Å². The van der Waals surface area contributed by atoms with Crippen LogP contribution in [0.5, 0.6) is 5.75 Å². The zero-order chi connectivity index (χ0) is 16.1. The molecule has 5 nitrogen and oxygen atoms in total. The summed E-state index contributed by atoms with van der Waals surface area (Å²) in [5.74, 6) is 0.940. The van der Waals surface area contributed by atoms with Crippen LogP contribution in [-0.2, 0) is 16.0 Å². The molecule has 3 rings (SSSR count). The minimum absolute atomic E-state index is 0.0932. The lowest BCUT2D eigenvalue weighted by molar-refractivity contribution is -0.122. The number of benzene rings is 1. The highest BCUT2D eigenvalue weighted by Gasteiger charge is 2.35. The Balaban J connectivity index is 1.50. The van der Waals surface area contributed by atoms with E-state index in [1.807, 2.05) is 24.3 Å². The zero-order valence-corrected chi connectivity index (χ0v) is 13.8. The first kappa shape index (κ1) is 16.3. The van der Waals surface area contributed by atoms with Crippen LogP contribution in [0.2, 0.25) is 0 Å². The normalized spacial score (nSPS) is 24.7. The van der Waals surface area contributed by atoms with Crippen molar-refractivity contribution in [3.63, 3.8) is 0 Å². The van der Waals surface area contributed by atoms with Crippen LogP contribution in [0, 0.1) is 0 Å². The second-order valence-corrected chi connectivity index (χ2v) is 6.33. The second kappa shape index (κ2) is 7.79. The monoisotopic (exact) mass is 318 g/mol. The van der Waals surface area contributed by atoms with Gasteiger partial charge < -0.3 is 14.8 Å². The summed E-state index contributed by atoms with van der Waals surface area (Å²) in [5.41, 5.74) is 1.07. The van der Waals surface area contributed by atoms with Crippen molar-refractivity contribution in [1.82, 2.24) is 10.2 Å². The molecule has 2 fully saturated rings. The molecule has 0 saturated carbocycles. The van der Waals surface area contributed by atoms with Crippen LogP contribution in [0.1, 0.15) is 24.8 Å². The fraction of sp³-hybridized carbons (Fsp3) is 0.611. The van der Waals surface area contributed by atoms with Crippen molar-refractivity contribution < 1.29 is 14.3 Å². The lowest BCUT2D eigenvalue weighted by Gasteiger charge is -2.27. The third-order valence-corrected chi connectivity index (χ3v) is 4.82. The van der Waals surface area contributed by atoms with Crippen molar-refractivity contribution >= 4 is 5.91 Å². The quantitative estimate of drug-likeness (QED) is 0.866. The Kier molecular flexibility index (Phi) is 5.51. The van der Waals surface area contributed by atoms with Crippen LogP contribution in [0.4, 0.5) is 0 Å². The van der Waals surface area contributed by atoms with Gasteiger partial charge in [-0.25, -0.2) is 0 Å². The fourth-order valence-electron chi connectivity index (χ4n) is 3.55. The van der Waals surface area contributed by atoms with Gasteiger partial charge in [-0.2, -0.15) is 0 Å². The summed E-state index contributed by atoms with van der Waals surface area (Å²) < 4.78 is 10.9. The maximum absolute atomic E-state index is 12.3. The van der Waals surface area contributed by atoms with E-state index < -0.39 is 0 Å². The van der Waals surface area contributed by atoms with Gasteiger partial charge >= 0.3 is 0 Å². The molecular weight excluding hydrogens is 292 g/mol. The molecule has 23 heavy (non-hydrogen) atoms. The van der Waals surface area contributed by atoms with Crippen LogP contribution >= 0.6 is 0 Å². The van der Waals surface area contributed by atoms with Crippen molar-refractivity contribution in [3.8, 4) is 5.75 Å². The SMILES string of the molecule is COc1ccccc1CCC(=O)N[C@@H]1COC[C@H]1N1CCCC1. The topological polar surface area (TPSA) is 50.8 Å². The molecule has 0 aliphatic carbocycles. The first-order valence-corrected chi connectivity index (χ1v) is 8.51. The van der Waals surface area contributed by atoms with Crippen LogP contribution in [0.25, 0.3) is 0 Å². The standard InChI is InChI=1S/C18H26N2O3/c1-22-17-7-3-2-6-14(17)8-9-18(21)19-15-12-23-13-16(15)20-10-4-5-11-20/h2-3,6-7,15-16H,4-5,8-13H2,1H3,(H,19,21)/t15-,16-/m1/s1. The minimum Gasteiger partial charge on any atom is -0.496 e. The van der Waals surface area contributed by atoms with E-state index in [1.165, 1.54) is 12.8 Å². The molecule has 126 valence electrons. The smallest absolute Gasteiger partial charge is 0.220 e. The van der Waals surface area contributed by atoms with E-state index in [0.29, 0.717) is 25.5 Å². The highest BCUT2D eigenvalue weighted by Crippen LogP contribution is 2.20. The van der Waals surface area contributed by atoms with Crippen molar-refractivity contribution in [2.24, 2.45) is 0 Å². The number of nitrogens with zero attached hydrogens (tertiary/aromatic N) is 1. The molecule has 1 aromatic rings. The highest BCUT2D eigenvalue weighted by atomic mass is 16.5. The lowest BCUT2D eigenvalue weighted by atomic mass is 10.1. The summed E-state index contributed by atoms with van der Waals surface area (Å²) in [5, 5.41) is 3.17. The molecule has 0 radical (unpaired) electrons. The van der Waals surface area contributed by atoms with Crippen molar-refractivity contribution in [3.05, 3.63) is 29.8 Å². The molecule has 1 amide bonds. The largest absolute Gasteiger partial charge is 0.496 e. The summed E-state index contributed by atoms with van der Waals surface area (Å²) in [7, 11) is 1.66. The number of carbonyl (C=O) groups excluding carboxylic acids is 1. The average molecular weight is 318 g/mol. The Morgan fingerprint density at radius 2 is 2.09 bits per heavy atom. The van der Waals surface area contributed by atoms with Crippen molar-refractivity contribution in [1.29, 1.82) is 0 Å². The van der Waals surface area contributed by atoms with Gasteiger partial charge in [0.05, 0.1) is 32.4 Å². The average Bonchev–Trinajstić information content (AvgIpc) is 3.24. The number of carbonyl (C=O) groups is 1. The van der Waals surface area contributed by atoms with Gasteiger partial charge in [-0.05, 0) is 44.0 Å². The molecular formula is C18H26N2O3. The second-order valence-electron chi connectivity index (χ2n) is 6.33. The van der Waals surface area contributed by atoms with E-state index in [4.69, 9.17) is 9.47 Å². The zero-order valence-electron chi connectivity index (χ0n) is 13.8. The van der Waals surface area contributed by atoms with Gasteiger partial charge in [0.2, 0.25) is 5.91 Å². The third kappa shape index (κ3) is 4.03. The number of hydrogen-bond donors (Lipinski definition) is 1. The predicted octanol–water partition coefficient (Wildman–Crippen LogP) is 1.61. The van der Waals surface area contributed by atoms with Gasteiger partial charge in [-0.15, -0.1) is 0 Å². The number of ether oxygens (including phenoxy) is 2. The first-order valence-electron chi connectivity index (χ1n) is 8.51. The van der Waals surface area contributed by atoms with Gasteiger partial charge in [0.25, 0.3) is 0 Å². The molecule has 2 aliphatic heterocycles. The summed E-state index contributed by atoms with van der Waals surface area (Å²) in [4.78, 5) is 14.8. The van der Waals surface area contributed by atoms with Gasteiger partial charge in [0.1, 0.15) is 5.75 Å². The van der Waals surface area contributed by atoms with Crippen LogP contribution in [-0.4, -0.2) is 56.3 Å². The Morgan fingerprint density at radius 3 is 2.87 bits per heavy atom. The van der Waals surface area contributed by atoms with E-state index in [1.54, 1.807) is 7.11 Å². The minimum atomic E-state index is 0.0932. The first-order chi connectivity index (χ1) is 11.3. The molecule has 0 spiro atoms. The third-order valence-electron chi connectivity index (χ3n) is 4.82. The number of hydrogen-bond acceptors (Lipinski definition) is 4. The molecule has 2 heterocycles. The molecule has 0 unspecified atom stereocenters. The number of amides is 1. The lowest BCUT2D eigenvalue weighted by Crippen LogP contribution is -2.50. The van der Waals surface area contributed by atoms with Crippen molar-refractivity contribution in [2.75, 3.05) is 33.4 Å². The fourth-order valence-corrected chi connectivity index (χ4v) is 3.55. The van der Waals surface area contributed by atoms with Crippen LogP contribution in [0.15, 0.2) is 24.3 Å². The molecule has 1 aromatic carbocycles. The number of likely N-dealkylation sites (tertiary alicyclic amines) is 1. The Hall–Kier alpha value is -1.59. The Bertz CT molecular complexity index is 529. The number of nitrogens with one attached hydrogen (secondary N) is 1. The Morgan fingerprint density at radius 1 is 1.30 bits per heavy atom. The molecule has 2 saturated heterocycles. The van der Waals surface area contributed by atoms with Gasteiger partial charge in [-0.1, -0.05) is 18.2 Å². The van der Waals surface area contributed by atoms with E-state index in [9.17, 15) is 4.79 Å². The van der Waals surface area contributed by atoms with Gasteiger partial charge in [0.15, 0.2) is 0 Å². The molecule has 0 bridgehead atoms. The number of methoxy groups -OCH3 is 1. The summed E-state index contributed by atoms with van der Waals surface area (Å²) in [6.07, 6.45) is 3.68. The number of para-hydroxylation sites is 1. The number of aryl methyl sites for hydroxylation is 1. The van der Waals surface area contributed by atoms with E-state index >= 15 is 0 Å². The summed E-state index contributed by atoms with van der Waals surface area (Å²) in [6, 6.07) is 8.33. The maximum Gasteiger partial charge on any atom is 0.220 e. The predicted molar refractivity (Wildman–Crippen MR) is 88.7 cm³/mol. The molecule has 5 heteroatoms. The maximum atomic E-state index is 12.3. The van der Waals surface area contributed by atoms with Gasteiger partial charge in [0, 0.05) is 6.42 Å². The van der Waals surface area contributed by atoms with E-state index in [0.717, 1.165) is 31.0 Å². The van der Waals surface area contributed by atoms with Crippen LogP contribution < -0.4 is 10.1 Å². The summed E-state index contributed by atoms with van der Waals surface area (Å²) in [6.45, 7) is 3.61. The molecule has 2 aliphatic rings. The van der Waals surface area contributed by atoms with Gasteiger partial charge in [-0.3, -0.25) is 9.69 Å². The summed E-state index contributed by atoms with van der Waals surface area (Å²) >= 11 is 0.